The van der Waals surface area contributed by atoms with Crippen molar-refractivity contribution in [2.45, 2.75) is 6.92 Å². The topological polar surface area (TPSA) is 46.6 Å². The molecular formula is C24H18FNO3. The fourth-order valence-corrected chi connectivity index (χ4v) is 3.60. The lowest BCUT2D eigenvalue weighted by atomic mass is 10.0. The van der Waals surface area contributed by atoms with Crippen molar-refractivity contribution < 1.29 is 18.7 Å². The lowest BCUT2D eigenvalue weighted by molar-refractivity contribution is -0.136. The Hall–Kier alpha value is -3.73. The lowest BCUT2D eigenvalue weighted by Gasteiger charge is -2.20. The van der Waals surface area contributed by atoms with Crippen molar-refractivity contribution in [3.63, 3.8) is 0 Å². The lowest BCUT2D eigenvalue weighted by Crippen LogP contribution is -2.24. The largest absolute Gasteiger partial charge is 0.465 e. The molecule has 144 valence electrons. The van der Waals surface area contributed by atoms with Crippen LogP contribution in [0.5, 0.6) is 0 Å². The first kappa shape index (κ1) is 18.6. The van der Waals surface area contributed by atoms with Gasteiger partial charge < -0.3 is 4.74 Å². The normalized spacial score (nSPS) is 15.5. The predicted molar refractivity (Wildman–Crippen MR) is 111 cm³/mol. The summed E-state index contributed by atoms with van der Waals surface area (Å²) in [5.41, 5.74) is 2.22. The molecule has 4 nitrogen and oxygen atoms in total. The van der Waals surface area contributed by atoms with E-state index in [1.54, 1.807) is 25.1 Å². The molecule has 3 aromatic carbocycles. The maximum absolute atomic E-state index is 13.4. The second-order valence-electron chi connectivity index (χ2n) is 6.70. The molecule has 0 radical (unpaired) electrons. The number of allylic oxidation sites excluding steroid dienone is 1. The first-order valence-electron chi connectivity index (χ1n) is 9.10. The van der Waals surface area contributed by atoms with E-state index in [2.05, 4.69) is 0 Å². The standard InChI is InChI=1S/C24H18FNO3/c1-15-22(24(28)29-2)20(14-16-10-12-18(25)13-11-16)23(27)26(15)21-9-5-7-17-6-3-4-8-19(17)21/h3-14H,1-2H3/b20-14-. The molecule has 0 atom stereocenters. The highest BCUT2D eigenvalue weighted by Crippen LogP contribution is 2.38. The van der Waals surface area contributed by atoms with Gasteiger partial charge in [0.25, 0.3) is 5.91 Å². The van der Waals surface area contributed by atoms with Crippen molar-refractivity contribution in [2.75, 3.05) is 12.0 Å². The van der Waals surface area contributed by atoms with E-state index in [9.17, 15) is 14.0 Å². The molecule has 29 heavy (non-hydrogen) atoms. The fraction of sp³-hybridized carbons (Fsp3) is 0.0833. The molecule has 1 heterocycles. The second kappa shape index (κ2) is 7.36. The average Bonchev–Trinajstić information content (AvgIpc) is 2.98. The number of hydrogen-bond acceptors (Lipinski definition) is 3. The van der Waals surface area contributed by atoms with Gasteiger partial charge in [0.05, 0.1) is 23.9 Å². The van der Waals surface area contributed by atoms with Crippen LogP contribution in [0.25, 0.3) is 16.8 Å². The average molecular weight is 387 g/mol. The van der Waals surface area contributed by atoms with E-state index in [1.807, 2.05) is 42.5 Å². The zero-order chi connectivity index (χ0) is 20.5. The Morgan fingerprint density at radius 3 is 2.41 bits per heavy atom. The first-order valence-corrected chi connectivity index (χ1v) is 9.10. The molecule has 0 saturated heterocycles. The summed E-state index contributed by atoms with van der Waals surface area (Å²) in [7, 11) is 1.28. The highest BCUT2D eigenvalue weighted by molar-refractivity contribution is 6.25. The van der Waals surface area contributed by atoms with Crippen molar-refractivity contribution in [2.24, 2.45) is 0 Å². The molecule has 5 heteroatoms. The Balaban J connectivity index is 1.90. The Morgan fingerprint density at radius 2 is 1.69 bits per heavy atom. The molecule has 1 aliphatic heterocycles. The summed E-state index contributed by atoms with van der Waals surface area (Å²) in [6.07, 6.45) is 1.59. The summed E-state index contributed by atoms with van der Waals surface area (Å²) in [4.78, 5) is 27.4. The maximum atomic E-state index is 13.4. The Labute approximate surface area is 167 Å². The summed E-state index contributed by atoms with van der Waals surface area (Å²) in [5, 5.41) is 1.89. The van der Waals surface area contributed by atoms with Crippen LogP contribution < -0.4 is 4.90 Å². The third-order valence-electron chi connectivity index (χ3n) is 4.98. The highest BCUT2D eigenvalue weighted by atomic mass is 19.1. The summed E-state index contributed by atoms with van der Waals surface area (Å²) in [5.74, 6) is -1.29. The Kier molecular flexibility index (Phi) is 4.72. The van der Waals surface area contributed by atoms with E-state index in [0.29, 0.717) is 16.9 Å². The summed E-state index contributed by atoms with van der Waals surface area (Å²) >= 11 is 0. The number of halogens is 1. The van der Waals surface area contributed by atoms with Crippen LogP contribution in [-0.2, 0) is 14.3 Å². The van der Waals surface area contributed by atoms with Crippen molar-refractivity contribution in [3.05, 3.63) is 95.0 Å². The van der Waals surface area contributed by atoms with Crippen LogP contribution in [0.2, 0.25) is 0 Å². The summed E-state index contributed by atoms with van der Waals surface area (Å²) in [6, 6.07) is 19.2. The molecule has 0 bridgehead atoms. The van der Waals surface area contributed by atoms with Crippen LogP contribution in [-0.4, -0.2) is 19.0 Å². The zero-order valence-corrected chi connectivity index (χ0v) is 16.0. The van der Waals surface area contributed by atoms with Crippen LogP contribution in [0.1, 0.15) is 12.5 Å². The number of hydrogen-bond donors (Lipinski definition) is 0. The highest BCUT2D eigenvalue weighted by Gasteiger charge is 2.38. The van der Waals surface area contributed by atoms with E-state index >= 15 is 0 Å². The Bertz CT molecular complexity index is 1190. The SMILES string of the molecule is COC(=O)C1=C(C)N(c2cccc3ccccc23)C(=O)/C1=C\c1ccc(F)cc1. The number of benzene rings is 3. The minimum atomic E-state index is -0.591. The Morgan fingerprint density at radius 1 is 1.00 bits per heavy atom. The van der Waals surface area contributed by atoms with Crippen molar-refractivity contribution >= 4 is 34.4 Å². The molecule has 0 aromatic heterocycles. The molecule has 0 N–H and O–H groups in total. The number of nitrogens with zero attached hydrogens (tertiary/aromatic N) is 1. The van der Waals surface area contributed by atoms with Crippen LogP contribution in [0.15, 0.2) is 83.6 Å². The van der Waals surface area contributed by atoms with E-state index in [0.717, 1.165) is 10.8 Å². The molecule has 0 saturated carbocycles. The van der Waals surface area contributed by atoms with Gasteiger partial charge in [0.2, 0.25) is 0 Å². The van der Waals surface area contributed by atoms with Gasteiger partial charge in [-0.25, -0.2) is 9.18 Å². The molecule has 1 amide bonds. The minimum absolute atomic E-state index is 0.203. The molecule has 0 spiro atoms. The number of methoxy groups -OCH3 is 1. The van der Waals surface area contributed by atoms with Gasteiger partial charge in [0.15, 0.2) is 0 Å². The van der Waals surface area contributed by atoms with Gasteiger partial charge in [-0.15, -0.1) is 0 Å². The number of esters is 1. The number of carbonyl (C=O) groups excluding carboxylic acids is 2. The number of ether oxygens (including phenoxy) is 1. The monoisotopic (exact) mass is 387 g/mol. The zero-order valence-electron chi connectivity index (χ0n) is 16.0. The first-order chi connectivity index (χ1) is 14.0. The van der Waals surface area contributed by atoms with Gasteiger partial charge in [-0.3, -0.25) is 9.69 Å². The number of carbonyl (C=O) groups is 2. The van der Waals surface area contributed by atoms with Crippen molar-refractivity contribution in [3.8, 4) is 0 Å². The van der Waals surface area contributed by atoms with Gasteiger partial charge in [-0.05, 0) is 42.1 Å². The van der Waals surface area contributed by atoms with E-state index in [1.165, 1.54) is 24.1 Å². The van der Waals surface area contributed by atoms with Crippen LogP contribution in [0.3, 0.4) is 0 Å². The molecule has 0 unspecified atom stereocenters. The number of fused-ring (bicyclic) bond motifs is 1. The summed E-state index contributed by atoms with van der Waals surface area (Å²) < 4.78 is 18.2. The van der Waals surface area contributed by atoms with E-state index < -0.39 is 5.97 Å². The van der Waals surface area contributed by atoms with Gasteiger partial charge >= 0.3 is 5.97 Å². The third kappa shape index (κ3) is 3.21. The number of anilines is 1. The molecule has 0 aliphatic carbocycles. The molecule has 0 fully saturated rings. The minimum Gasteiger partial charge on any atom is -0.465 e. The van der Waals surface area contributed by atoms with Crippen molar-refractivity contribution in [1.82, 2.24) is 0 Å². The third-order valence-corrected chi connectivity index (χ3v) is 4.98. The van der Waals surface area contributed by atoms with Crippen LogP contribution in [0.4, 0.5) is 10.1 Å². The maximum Gasteiger partial charge on any atom is 0.340 e. The number of rotatable bonds is 3. The van der Waals surface area contributed by atoms with Gasteiger partial charge in [-0.2, -0.15) is 0 Å². The van der Waals surface area contributed by atoms with Gasteiger partial charge in [-0.1, -0.05) is 48.5 Å². The smallest absolute Gasteiger partial charge is 0.340 e. The molecule has 1 aliphatic rings. The van der Waals surface area contributed by atoms with Crippen molar-refractivity contribution in [1.29, 1.82) is 0 Å². The van der Waals surface area contributed by atoms with Crippen LogP contribution in [0, 0.1) is 5.82 Å². The fourth-order valence-electron chi connectivity index (χ4n) is 3.60. The molecular weight excluding hydrogens is 369 g/mol. The molecule has 4 rings (SSSR count). The second-order valence-corrected chi connectivity index (χ2v) is 6.70. The van der Waals surface area contributed by atoms with Gasteiger partial charge in [0, 0.05) is 11.1 Å². The van der Waals surface area contributed by atoms with Crippen LogP contribution >= 0.6 is 0 Å². The summed E-state index contributed by atoms with van der Waals surface area (Å²) in [6.45, 7) is 1.72. The number of amides is 1. The molecule has 3 aromatic rings. The van der Waals surface area contributed by atoms with E-state index in [-0.39, 0.29) is 22.9 Å². The quantitative estimate of drug-likeness (QED) is 0.476. The predicted octanol–water partition coefficient (Wildman–Crippen LogP) is 4.86. The van der Waals surface area contributed by atoms with Gasteiger partial charge in [0.1, 0.15) is 5.82 Å². The van der Waals surface area contributed by atoms with E-state index in [4.69, 9.17) is 4.74 Å².